The Balaban J connectivity index is 2.21. The molecule has 0 aliphatic heterocycles. The first-order chi connectivity index (χ1) is 9.04. The number of allylic oxidation sites excluding steroid dienone is 2. The molecule has 0 bridgehead atoms. The fraction of sp³-hybridized carbons (Fsp3) is 0.154. The predicted octanol–water partition coefficient (Wildman–Crippen LogP) is 1.30. The van der Waals surface area contributed by atoms with Crippen molar-refractivity contribution < 1.29 is 19.6 Å². The number of carbonyl (C=O) groups is 1. The highest BCUT2D eigenvalue weighted by atomic mass is 16.7. The Morgan fingerprint density at radius 1 is 1.32 bits per heavy atom. The molecule has 1 aromatic rings. The highest BCUT2D eigenvalue weighted by molar-refractivity contribution is 5.79. The van der Waals surface area contributed by atoms with E-state index in [0.717, 1.165) is 6.08 Å². The Labute approximate surface area is 108 Å². The molecule has 0 fully saturated rings. The van der Waals surface area contributed by atoms with Gasteiger partial charge in [-0.15, -0.1) is 0 Å². The zero-order chi connectivity index (χ0) is 13.9. The van der Waals surface area contributed by atoms with Crippen molar-refractivity contribution in [2.75, 3.05) is 0 Å². The van der Waals surface area contributed by atoms with Crippen LogP contribution in [-0.2, 0) is 4.79 Å². The van der Waals surface area contributed by atoms with Crippen molar-refractivity contribution in [2.45, 2.75) is 5.72 Å². The summed E-state index contributed by atoms with van der Waals surface area (Å²) in [5.41, 5.74) is -2.47. The predicted molar refractivity (Wildman–Crippen MR) is 65.8 cm³/mol. The van der Waals surface area contributed by atoms with Crippen molar-refractivity contribution in [2.24, 2.45) is 5.92 Å². The van der Waals surface area contributed by atoms with Gasteiger partial charge in [-0.3, -0.25) is 14.9 Å². The minimum atomic E-state index is -2.47. The van der Waals surface area contributed by atoms with E-state index in [0.29, 0.717) is 0 Å². The second-order valence-electron chi connectivity index (χ2n) is 4.00. The number of hydrogen-bond donors (Lipinski definition) is 1. The van der Waals surface area contributed by atoms with Gasteiger partial charge in [0.2, 0.25) is 0 Å². The molecule has 6 nitrogen and oxygen atoms in total. The van der Waals surface area contributed by atoms with Gasteiger partial charge in [0.05, 0.1) is 4.92 Å². The number of nitro groups is 1. The van der Waals surface area contributed by atoms with Gasteiger partial charge in [0, 0.05) is 6.08 Å². The molecule has 0 saturated heterocycles. The number of aliphatic hydroxyl groups is 1. The molecule has 0 amide bonds. The number of benzene rings is 1. The van der Waals surface area contributed by atoms with E-state index < -0.39 is 22.5 Å². The van der Waals surface area contributed by atoms with Crippen molar-refractivity contribution in [1.29, 1.82) is 0 Å². The van der Waals surface area contributed by atoms with Crippen molar-refractivity contribution in [3.63, 3.8) is 0 Å². The number of para-hydroxylation sites is 1. The van der Waals surface area contributed by atoms with Crippen LogP contribution in [0.25, 0.3) is 0 Å². The van der Waals surface area contributed by atoms with E-state index in [1.165, 1.54) is 18.2 Å². The lowest BCUT2D eigenvalue weighted by Gasteiger charge is -2.23. The molecule has 2 atom stereocenters. The lowest BCUT2D eigenvalue weighted by atomic mass is 9.92. The van der Waals surface area contributed by atoms with E-state index in [9.17, 15) is 20.0 Å². The molecular formula is C13H11NO5. The number of carbonyl (C=O) groups excluding carboxylic acids is 1. The van der Waals surface area contributed by atoms with Gasteiger partial charge in [0.25, 0.3) is 0 Å². The molecule has 2 rings (SSSR count). The molecule has 1 aliphatic carbocycles. The van der Waals surface area contributed by atoms with Gasteiger partial charge in [-0.05, 0) is 12.1 Å². The summed E-state index contributed by atoms with van der Waals surface area (Å²) in [5, 5.41) is 20.8. The van der Waals surface area contributed by atoms with Crippen LogP contribution in [0.4, 0.5) is 0 Å². The number of rotatable bonds is 3. The molecule has 0 heterocycles. The van der Waals surface area contributed by atoms with Gasteiger partial charge < -0.3 is 9.84 Å². The molecule has 1 aromatic carbocycles. The van der Waals surface area contributed by atoms with Crippen LogP contribution in [0.3, 0.4) is 0 Å². The van der Waals surface area contributed by atoms with Crippen LogP contribution in [0.1, 0.15) is 0 Å². The highest BCUT2D eigenvalue weighted by Gasteiger charge is 2.51. The fourth-order valence-corrected chi connectivity index (χ4v) is 1.71. The van der Waals surface area contributed by atoms with E-state index in [2.05, 4.69) is 0 Å². The molecule has 2 unspecified atom stereocenters. The summed E-state index contributed by atoms with van der Waals surface area (Å²) < 4.78 is 5.01. The summed E-state index contributed by atoms with van der Waals surface area (Å²) in [7, 11) is 0. The molecule has 6 heteroatoms. The number of nitrogens with zero attached hydrogens (tertiary/aromatic N) is 1. The van der Waals surface area contributed by atoms with Gasteiger partial charge in [0.15, 0.2) is 5.92 Å². The average Bonchev–Trinajstić information content (AvgIpc) is 2.40. The lowest BCUT2D eigenvalue weighted by molar-refractivity contribution is -0.613. The molecule has 19 heavy (non-hydrogen) atoms. The van der Waals surface area contributed by atoms with Gasteiger partial charge in [-0.1, -0.05) is 36.4 Å². The van der Waals surface area contributed by atoms with Crippen LogP contribution in [0.15, 0.2) is 54.6 Å². The topological polar surface area (TPSA) is 89.7 Å². The number of hydrogen-bond acceptors (Lipinski definition) is 5. The second-order valence-corrected chi connectivity index (χ2v) is 4.00. The van der Waals surface area contributed by atoms with Gasteiger partial charge in [-0.25, -0.2) is 0 Å². The molecule has 1 aliphatic rings. The van der Waals surface area contributed by atoms with E-state index in [-0.39, 0.29) is 5.75 Å². The minimum Gasteiger partial charge on any atom is -0.426 e. The monoisotopic (exact) mass is 261 g/mol. The summed E-state index contributed by atoms with van der Waals surface area (Å²) in [6, 6.07) is 8.17. The maximum Gasteiger partial charge on any atom is 0.359 e. The Hall–Kier alpha value is -2.47. The summed E-state index contributed by atoms with van der Waals surface area (Å²) >= 11 is 0. The Morgan fingerprint density at radius 3 is 2.63 bits per heavy atom. The van der Waals surface area contributed by atoms with Crippen LogP contribution < -0.4 is 4.74 Å². The average molecular weight is 261 g/mol. The van der Waals surface area contributed by atoms with Crippen LogP contribution in [0.2, 0.25) is 0 Å². The summed E-state index contributed by atoms with van der Waals surface area (Å²) in [5.74, 6) is -2.00. The van der Waals surface area contributed by atoms with Crippen LogP contribution in [-0.4, -0.2) is 21.7 Å². The Kier molecular flexibility index (Phi) is 3.43. The molecule has 0 spiro atoms. The first kappa shape index (κ1) is 13.0. The SMILES string of the molecule is O=C(Oc1ccccc1)C1C=CC=CC1(O)[N+](=O)[O-]. The molecule has 98 valence electrons. The van der Waals surface area contributed by atoms with Crippen molar-refractivity contribution in [3.8, 4) is 5.75 Å². The van der Waals surface area contributed by atoms with Crippen LogP contribution >= 0.6 is 0 Å². The normalized spacial score (nSPS) is 25.0. The molecule has 0 radical (unpaired) electrons. The van der Waals surface area contributed by atoms with E-state index >= 15 is 0 Å². The smallest absolute Gasteiger partial charge is 0.359 e. The third kappa shape index (κ3) is 2.53. The molecule has 0 aromatic heterocycles. The molecule has 0 saturated carbocycles. The Bertz CT molecular complexity index is 551. The fourth-order valence-electron chi connectivity index (χ4n) is 1.71. The summed E-state index contributed by atoms with van der Waals surface area (Å²) in [6.07, 6.45) is 4.97. The summed E-state index contributed by atoms with van der Waals surface area (Å²) in [4.78, 5) is 21.9. The first-order valence-corrected chi connectivity index (χ1v) is 5.53. The van der Waals surface area contributed by atoms with Gasteiger partial charge in [-0.2, -0.15) is 0 Å². The van der Waals surface area contributed by atoms with Crippen molar-refractivity contribution >= 4 is 5.97 Å². The van der Waals surface area contributed by atoms with Gasteiger partial charge in [0.1, 0.15) is 5.75 Å². The minimum absolute atomic E-state index is 0.265. The first-order valence-electron chi connectivity index (χ1n) is 5.53. The maximum absolute atomic E-state index is 11.9. The van der Waals surface area contributed by atoms with Gasteiger partial charge >= 0.3 is 11.7 Å². The zero-order valence-electron chi connectivity index (χ0n) is 9.80. The zero-order valence-corrected chi connectivity index (χ0v) is 9.80. The summed E-state index contributed by atoms with van der Waals surface area (Å²) in [6.45, 7) is 0. The number of esters is 1. The second kappa shape index (κ2) is 5.03. The largest absolute Gasteiger partial charge is 0.426 e. The maximum atomic E-state index is 11.9. The van der Waals surface area contributed by atoms with E-state index in [4.69, 9.17) is 4.74 Å². The third-order valence-electron chi connectivity index (χ3n) is 2.72. The lowest BCUT2D eigenvalue weighted by Crippen LogP contribution is -2.48. The van der Waals surface area contributed by atoms with E-state index in [1.54, 1.807) is 30.3 Å². The Morgan fingerprint density at radius 2 is 2.00 bits per heavy atom. The quantitative estimate of drug-likeness (QED) is 0.291. The third-order valence-corrected chi connectivity index (χ3v) is 2.72. The molecular weight excluding hydrogens is 250 g/mol. The van der Waals surface area contributed by atoms with Crippen molar-refractivity contribution in [3.05, 3.63) is 64.8 Å². The standard InChI is InChI=1S/C13H11NO5/c15-12(19-10-6-2-1-3-7-10)11-8-4-5-9-13(11,16)14(17)18/h1-9,11,16H. The van der Waals surface area contributed by atoms with Crippen LogP contribution in [0, 0.1) is 16.0 Å². The highest BCUT2D eigenvalue weighted by Crippen LogP contribution is 2.27. The molecule has 1 N–H and O–H groups in total. The van der Waals surface area contributed by atoms with Crippen LogP contribution in [0.5, 0.6) is 5.75 Å². The van der Waals surface area contributed by atoms with E-state index in [1.807, 2.05) is 0 Å². The number of ether oxygens (including phenoxy) is 1. The van der Waals surface area contributed by atoms with Crippen molar-refractivity contribution in [1.82, 2.24) is 0 Å².